The standard InChI is InChI=1S/C20H17/c1-16-10-8-9-15-19(16)20(17-11-4-2-5-12-17)18-13-6-3-7-14-18/h2-7,9-15,20H,1H3. The van der Waals surface area contributed by atoms with Crippen LogP contribution in [0.15, 0.2) is 78.9 Å². The van der Waals surface area contributed by atoms with Crippen LogP contribution in [-0.2, 0) is 0 Å². The molecule has 0 amide bonds. The van der Waals surface area contributed by atoms with E-state index in [9.17, 15) is 0 Å². The van der Waals surface area contributed by atoms with Crippen LogP contribution in [0.3, 0.4) is 0 Å². The predicted octanol–water partition coefficient (Wildman–Crippen LogP) is 4.98. The van der Waals surface area contributed by atoms with Crippen molar-refractivity contribution in [2.45, 2.75) is 12.8 Å². The molecule has 1 radical (unpaired) electrons. The molecular formula is C20H17. The molecule has 0 N–H and O–H groups in total. The van der Waals surface area contributed by atoms with E-state index in [-0.39, 0.29) is 5.92 Å². The third kappa shape index (κ3) is 2.50. The van der Waals surface area contributed by atoms with E-state index in [0.717, 1.165) is 0 Å². The van der Waals surface area contributed by atoms with Crippen molar-refractivity contribution in [3.8, 4) is 0 Å². The van der Waals surface area contributed by atoms with Crippen molar-refractivity contribution < 1.29 is 0 Å². The van der Waals surface area contributed by atoms with Crippen molar-refractivity contribution in [1.82, 2.24) is 0 Å². The SMILES string of the molecule is Cc1c[c]ccc1C(c1ccccc1)c1ccccc1. The molecule has 0 spiro atoms. The predicted molar refractivity (Wildman–Crippen MR) is 83.8 cm³/mol. The average molecular weight is 257 g/mol. The zero-order valence-electron chi connectivity index (χ0n) is 11.6. The first-order valence-electron chi connectivity index (χ1n) is 6.93. The third-order valence-electron chi connectivity index (χ3n) is 3.69. The Balaban J connectivity index is 2.17. The molecule has 0 aliphatic rings. The summed E-state index contributed by atoms with van der Waals surface area (Å²) in [7, 11) is 0. The largest absolute Gasteiger partial charge is 0.0622 e. The molecule has 0 bridgehead atoms. The fraction of sp³-hybridized carbons (Fsp3) is 0.100. The normalized spacial score (nSPS) is 10.7. The van der Waals surface area contributed by atoms with Crippen molar-refractivity contribution in [2.24, 2.45) is 0 Å². The van der Waals surface area contributed by atoms with Gasteiger partial charge in [-0.15, -0.1) is 0 Å². The number of benzene rings is 3. The molecule has 0 aliphatic carbocycles. The van der Waals surface area contributed by atoms with Crippen LogP contribution in [0, 0.1) is 13.0 Å². The minimum Gasteiger partial charge on any atom is -0.0622 e. The lowest BCUT2D eigenvalue weighted by Crippen LogP contribution is -2.04. The third-order valence-corrected chi connectivity index (χ3v) is 3.69. The van der Waals surface area contributed by atoms with Crippen LogP contribution in [0.25, 0.3) is 0 Å². The van der Waals surface area contributed by atoms with E-state index in [1.54, 1.807) is 0 Å². The van der Waals surface area contributed by atoms with Gasteiger partial charge in [-0.1, -0.05) is 78.9 Å². The molecule has 20 heavy (non-hydrogen) atoms. The van der Waals surface area contributed by atoms with Gasteiger partial charge < -0.3 is 0 Å². The van der Waals surface area contributed by atoms with Crippen LogP contribution in [0.2, 0.25) is 0 Å². The van der Waals surface area contributed by atoms with Gasteiger partial charge in [-0.05, 0) is 35.2 Å². The summed E-state index contributed by atoms with van der Waals surface area (Å²) in [6.45, 7) is 2.16. The molecule has 0 heteroatoms. The second-order valence-electron chi connectivity index (χ2n) is 5.04. The van der Waals surface area contributed by atoms with Gasteiger partial charge >= 0.3 is 0 Å². The highest BCUT2D eigenvalue weighted by Crippen LogP contribution is 2.33. The van der Waals surface area contributed by atoms with Gasteiger partial charge in [0.15, 0.2) is 0 Å². The van der Waals surface area contributed by atoms with Crippen molar-refractivity contribution in [1.29, 1.82) is 0 Å². The Bertz CT molecular complexity index is 629. The molecule has 0 heterocycles. The Morgan fingerprint density at radius 1 is 0.750 bits per heavy atom. The molecule has 0 saturated carbocycles. The van der Waals surface area contributed by atoms with E-state index in [4.69, 9.17) is 0 Å². The van der Waals surface area contributed by atoms with Crippen LogP contribution in [0.1, 0.15) is 28.2 Å². The molecule has 0 aromatic heterocycles. The molecule has 97 valence electrons. The Morgan fingerprint density at radius 3 is 1.80 bits per heavy atom. The quantitative estimate of drug-likeness (QED) is 0.581. The van der Waals surface area contributed by atoms with Crippen LogP contribution in [0.4, 0.5) is 0 Å². The molecule has 0 atom stereocenters. The first kappa shape index (κ1) is 12.7. The summed E-state index contributed by atoms with van der Waals surface area (Å²) >= 11 is 0. The lowest BCUT2D eigenvalue weighted by molar-refractivity contribution is 0.962. The molecule has 0 fully saturated rings. The fourth-order valence-electron chi connectivity index (χ4n) is 2.69. The smallest absolute Gasteiger partial charge is 0.0342 e. The second-order valence-corrected chi connectivity index (χ2v) is 5.04. The van der Waals surface area contributed by atoms with Crippen molar-refractivity contribution in [2.75, 3.05) is 0 Å². The average Bonchev–Trinajstić information content (AvgIpc) is 2.52. The molecule has 0 aliphatic heterocycles. The molecule has 3 aromatic carbocycles. The maximum absolute atomic E-state index is 3.16. The van der Waals surface area contributed by atoms with Gasteiger partial charge in [0.25, 0.3) is 0 Å². The Morgan fingerprint density at radius 2 is 1.30 bits per heavy atom. The molecule has 0 saturated heterocycles. The van der Waals surface area contributed by atoms with Crippen molar-refractivity contribution >= 4 is 0 Å². The summed E-state index contributed by atoms with van der Waals surface area (Å²) in [5.41, 5.74) is 5.28. The van der Waals surface area contributed by atoms with Gasteiger partial charge in [0.05, 0.1) is 0 Å². The highest BCUT2D eigenvalue weighted by molar-refractivity contribution is 5.45. The van der Waals surface area contributed by atoms with Crippen LogP contribution >= 0.6 is 0 Å². The molecule has 0 nitrogen and oxygen atoms in total. The minimum atomic E-state index is 0.284. The highest BCUT2D eigenvalue weighted by Gasteiger charge is 2.17. The molecule has 3 rings (SSSR count). The number of rotatable bonds is 3. The van der Waals surface area contributed by atoms with Gasteiger partial charge in [-0.3, -0.25) is 0 Å². The topological polar surface area (TPSA) is 0 Å². The maximum Gasteiger partial charge on any atom is 0.0342 e. The Hall–Kier alpha value is -2.34. The lowest BCUT2D eigenvalue weighted by atomic mass is 9.83. The minimum absolute atomic E-state index is 0.284. The van der Waals surface area contributed by atoms with E-state index in [1.165, 1.54) is 22.3 Å². The number of hydrogen-bond acceptors (Lipinski definition) is 0. The van der Waals surface area contributed by atoms with Gasteiger partial charge in [0, 0.05) is 5.92 Å². The van der Waals surface area contributed by atoms with Gasteiger partial charge in [0.1, 0.15) is 0 Å². The second kappa shape index (κ2) is 5.75. The summed E-state index contributed by atoms with van der Waals surface area (Å²) in [6.07, 6.45) is 0. The van der Waals surface area contributed by atoms with Crippen LogP contribution in [0.5, 0.6) is 0 Å². The summed E-state index contributed by atoms with van der Waals surface area (Å²) in [6, 6.07) is 30.8. The first-order valence-corrected chi connectivity index (χ1v) is 6.93. The molecular weight excluding hydrogens is 240 g/mol. The van der Waals surface area contributed by atoms with Gasteiger partial charge in [0.2, 0.25) is 0 Å². The zero-order valence-corrected chi connectivity index (χ0v) is 11.6. The van der Waals surface area contributed by atoms with Gasteiger partial charge in [-0.25, -0.2) is 0 Å². The summed E-state index contributed by atoms with van der Waals surface area (Å²) in [4.78, 5) is 0. The Labute approximate surface area is 120 Å². The summed E-state index contributed by atoms with van der Waals surface area (Å²) < 4.78 is 0. The van der Waals surface area contributed by atoms with Crippen molar-refractivity contribution in [3.05, 3.63) is 107 Å². The Kier molecular flexibility index (Phi) is 3.64. The lowest BCUT2D eigenvalue weighted by Gasteiger charge is -2.20. The van der Waals surface area contributed by atoms with E-state index < -0.39 is 0 Å². The molecule has 3 aromatic rings. The zero-order chi connectivity index (χ0) is 13.8. The van der Waals surface area contributed by atoms with E-state index >= 15 is 0 Å². The number of aryl methyl sites for hydroxylation is 1. The monoisotopic (exact) mass is 257 g/mol. The van der Waals surface area contributed by atoms with E-state index in [1.807, 2.05) is 6.07 Å². The maximum atomic E-state index is 3.16. The highest BCUT2D eigenvalue weighted by atomic mass is 14.2. The van der Waals surface area contributed by atoms with Crippen LogP contribution in [-0.4, -0.2) is 0 Å². The van der Waals surface area contributed by atoms with Crippen molar-refractivity contribution in [3.63, 3.8) is 0 Å². The van der Waals surface area contributed by atoms with E-state index in [0.29, 0.717) is 0 Å². The van der Waals surface area contributed by atoms with E-state index in [2.05, 4.69) is 85.8 Å². The summed E-state index contributed by atoms with van der Waals surface area (Å²) in [5, 5.41) is 0. The fourth-order valence-corrected chi connectivity index (χ4v) is 2.69. The molecule has 0 unspecified atom stereocenters. The van der Waals surface area contributed by atoms with Gasteiger partial charge in [-0.2, -0.15) is 0 Å². The first-order chi connectivity index (χ1) is 9.86. The number of hydrogen-bond donors (Lipinski definition) is 0. The summed E-state index contributed by atoms with van der Waals surface area (Å²) in [5.74, 6) is 0.284. The van der Waals surface area contributed by atoms with Crippen LogP contribution < -0.4 is 0 Å².